The number of ether oxygens (including phenoxy) is 1. The van der Waals surface area contributed by atoms with E-state index in [-0.39, 0.29) is 22.5 Å². The van der Waals surface area contributed by atoms with Crippen LogP contribution in [0, 0.1) is 11.6 Å². The lowest BCUT2D eigenvalue weighted by molar-refractivity contribution is 0.162. The van der Waals surface area contributed by atoms with Crippen LogP contribution in [0.15, 0.2) is 28.7 Å². The molecule has 0 unspecified atom stereocenters. The molecule has 3 nitrogen and oxygen atoms in total. The van der Waals surface area contributed by atoms with Gasteiger partial charge in [0.15, 0.2) is 22.7 Å². The number of aliphatic hydroxyl groups is 1. The van der Waals surface area contributed by atoms with Crippen molar-refractivity contribution in [1.82, 2.24) is 0 Å². The molecule has 116 valence electrons. The largest absolute Gasteiger partial charge is 0.494 e. The van der Waals surface area contributed by atoms with Gasteiger partial charge >= 0.3 is 0 Å². The van der Waals surface area contributed by atoms with Gasteiger partial charge in [0.1, 0.15) is 0 Å². The number of fused-ring (bicyclic) bond motifs is 3. The van der Waals surface area contributed by atoms with Crippen molar-refractivity contribution >= 4 is 21.9 Å². The molecule has 0 aliphatic rings. The standard InChI is InChI=1S/C17H16F2O3/c1-3-4-12(20)11-6-5-9-10-7-8-13(21-2)15(19)17(10)22-16(9)14(11)18/h5-8,12,20H,3-4H2,1-2H3/t12-/m0/s1. The second-order valence-corrected chi connectivity index (χ2v) is 5.21. The predicted octanol–water partition coefficient (Wildman–Crippen LogP) is 4.71. The molecule has 0 aliphatic carbocycles. The maximum absolute atomic E-state index is 14.6. The third-order valence-corrected chi connectivity index (χ3v) is 3.82. The predicted molar refractivity (Wildman–Crippen MR) is 80.1 cm³/mol. The summed E-state index contributed by atoms with van der Waals surface area (Å²) >= 11 is 0. The highest BCUT2D eigenvalue weighted by atomic mass is 19.1. The van der Waals surface area contributed by atoms with Crippen LogP contribution in [0.1, 0.15) is 31.4 Å². The Bertz CT molecular complexity index is 839. The smallest absolute Gasteiger partial charge is 0.208 e. The Hall–Kier alpha value is -2.14. The van der Waals surface area contributed by atoms with E-state index in [4.69, 9.17) is 9.15 Å². The van der Waals surface area contributed by atoms with Crippen LogP contribution >= 0.6 is 0 Å². The third-order valence-electron chi connectivity index (χ3n) is 3.82. The van der Waals surface area contributed by atoms with Crippen LogP contribution in [0.5, 0.6) is 5.75 Å². The molecular weight excluding hydrogens is 290 g/mol. The topological polar surface area (TPSA) is 42.6 Å². The summed E-state index contributed by atoms with van der Waals surface area (Å²) in [5.41, 5.74) is 0.0750. The van der Waals surface area contributed by atoms with Crippen molar-refractivity contribution in [3.63, 3.8) is 0 Å². The first-order valence-electron chi connectivity index (χ1n) is 7.13. The van der Waals surface area contributed by atoms with Gasteiger partial charge in [-0.3, -0.25) is 0 Å². The highest BCUT2D eigenvalue weighted by molar-refractivity contribution is 6.05. The van der Waals surface area contributed by atoms with Crippen LogP contribution in [0.25, 0.3) is 21.9 Å². The number of furan rings is 1. The van der Waals surface area contributed by atoms with Crippen molar-refractivity contribution in [3.8, 4) is 5.75 Å². The molecule has 0 spiro atoms. The molecule has 1 N–H and O–H groups in total. The molecule has 1 heterocycles. The molecule has 3 rings (SSSR count). The van der Waals surface area contributed by atoms with Crippen LogP contribution in [0.4, 0.5) is 8.78 Å². The molecule has 0 radical (unpaired) electrons. The van der Waals surface area contributed by atoms with E-state index in [0.29, 0.717) is 17.2 Å². The van der Waals surface area contributed by atoms with E-state index >= 15 is 0 Å². The maximum atomic E-state index is 14.6. The first-order valence-corrected chi connectivity index (χ1v) is 7.13. The Morgan fingerprint density at radius 3 is 2.36 bits per heavy atom. The van der Waals surface area contributed by atoms with Crippen molar-refractivity contribution in [2.45, 2.75) is 25.9 Å². The first kappa shape index (κ1) is 14.8. The second-order valence-electron chi connectivity index (χ2n) is 5.21. The fourth-order valence-electron chi connectivity index (χ4n) is 2.68. The van der Waals surface area contributed by atoms with Gasteiger partial charge in [-0.25, -0.2) is 4.39 Å². The SMILES string of the molecule is CCC[C@H](O)c1ccc2c(oc3c(F)c(OC)ccc32)c1F. The van der Waals surface area contributed by atoms with Gasteiger partial charge in [0.2, 0.25) is 5.82 Å². The van der Waals surface area contributed by atoms with Gasteiger partial charge in [0, 0.05) is 16.3 Å². The minimum Gasteiger partial charge on any atom is -0.494 e. The second kappa shape index (κ2) is 5.57. The molecule has 0 saturated heterocycles. The lowest BCUT2D eigenvalue weighted by atomic mass is 10.0. The summed E-state index contributed by atoms with van der Waals surface area (Å²) < 4.78 is 39.1. The van der Waals surface area contributed by atoms with Crippen molar-refractivity contribution in [2.75, 3.05) is 7.11 Å². The normalized spacial score (nSPS) is 13.0. The Morgan fingerprint density at radius 1 is 1.09 bits per heavy atom. The monoisotopic (exact) mass is 306 g/mol. The van der Waals surface area contributed by atoms with Crippen molar-refractivity contribution < 1.29 is 23.0 Å². The van der Waals surface area contributed by atoms with E-state index in [2.05, 4.69) is 0 Å². The van der Waals surface area contributed by atoms with Crippen LogP contribution in [-0.2, 0) is 0 Å². The Morgan fingerprint density at radius 2 is 1.73 bits per heavy atom. The molecule has 0 saturated carbocycles. The molecule has 5 heteroatoms. The first-order chi connectivity index (χ1) is 10.6. The molecule has 0 amide bonds. The van der Waals surface area contributed by atoms with Crippen molar-refractivity contribution in [1.29, 1.82) is 0 Å². The third kappa shape index (κ3) is 2.13. The minimum atomic E-state index is -0.901. The van der Waals surface area contributed by atoms with E-state index in [0.717, 1.165) is 6.42 Å². The summed E-state index contributed by atoms with van der Waals surface area (Å²) in [5, 5.41) is 10.9. The Labute approximate surface area is 126 Å². The average Bonchev–Trinajstić information content (AvgIpc) is 2.89. The zero-order chi connectivity index (χ0) is 15.9. The van der Waals surface area contributed by atoms with Gasteiger partial charge in [0.05, 0.1) is 13.2 Å². The Kier molecular flexibility index (Phi) is 3.74. The molecule has 2 aromatic carbocycles. The van der Waals surface area contributed by atoms with E-state index in [9.17, 15) is 13.9 Å². The summed E-state index contributed by atoms with van der Waals surface area (Å²) in [4.78, 5) is 0. The van der Waals surface area contributed by atoms with Gasteiger partial charge in [0.25, 0.3) is 0 Å². The molecule has 3 aromatic rings. The van der Waals surface area contributed by atoms with E-state index < -0.39 is 17.7 Å². The summed E-state index contributed by atoms with van der Waals surface area (Å²) in [6.45, 7) is 1.91. The van der Waals surface area contributed by atoms with E-state index in [1.807, 2.05) is 6.92 Å². The summed E-state index contributed by atoms with van der Waals surface area (Å²) in [6, 6.07) is 6.27. The van der Waals surface area contributed by atoms with Gasteiger partial charge in [-0.2, -0.15) is 4.39 Å². The Balaban J connectivity index is 2.27. The molecule has 0 fully saturated rings. The molecule has 0 aliphatic heterocycles. The molecule has 1 aromatic heterocycles. The quantitative estimate of drug-likeness (QED) is 0.759. The number of rotatable bonds is 4. The lowest BCUT2D eigenvalue weighted by Crippen LogP contribution is -2.00. The average molecular weight is 306 g/mol. The van der Waals surface area contributed by atoms with Gasteiger partial charge in [-0.15, -0.1) is 0 Å². The number of hydrogen-bond donors (Lipinski definition) is 1. The number of aliphatic hydroxyl groups excluding tert-OH is 1. The minimum absolute atomic E-state index is 0.0400. The van der Waals surface area contributed by atoms with Gasteiger partial charge in [-0.1, -0.05) is 19.4 Å². The number of halogens is 2. The van der Waals surface area contributed by atoms with Crippen molar-refractivity contribution in [2.24, 2.45) is 0 Å². The zero-order valence-corrected chi connectivity index (χ0v) is 12.3. The summed E-state index contributed by atoms with van der Waals surface area (Å²) in [6.07, 6.45) is 0.275. The van der Waals surface area contributed by atoms with E-state index in [1.54, 1.807) is 12.1 Å². The number of hydrogen-bond acceptors (Lipinski definition) is 3. The van der Waals surface area contributed by atoms with Crippen molar-refractivity contribution in [3.05, 3.63) is 41.5 Å². The maximum Gasteiger partial charge on any atom is 0.208 e. The number of benzene rings is 2. The van der Waals surface area contributed by atoms with E-state index in [1.165, 1.54) is 19.2 Å². The number of methoxy groups -OCH3 is 1. The van der Waals surface area contributed by atoms with Crippen LogP contribution < -0.4 is 4.74 Å². The molecular formula is C17H16F2O3. The molecule has 0 bridgehead atoms. The van der Waals surface area contributed by atoms with Gasteiger partial charge in [-0.05, 0) is 24.6 Å². The summed E-state index contributed by atoms with van der Waals surface area (Å²) in [5.74, 6) is -1.27. The van der Waals surface area contributed by atoms with Crippen LogP contribution in [0.2, 0.25) is 0 Å². The highest BCUT2D eigenvalue weighted by Gasteiger charge is 2.21. The molecule has 22 heavy (non-hydrogen) atoms. The fraction of sp³-hybridized carbons (Fsp3) is 0.294. The van der Waals surface area contributed by atoms with Crippen LogP contribution in [-0.4, -0.2) is 12.2 Å². The lowest BCUT2D eigenvalue weighted by Gasteiger charge is -2.10. The summed E-state index contributed by atoms with van der Waals surface area (Å²) in [7, 11) is 1.35. The molecule has 1 atom stereocenters. The highest BCUT2D eigenvalue weighted by Crippen LogP contribution is 2.37. The van der Waals surface area contributed by atoms with Crippen LogP contribution in [0.3, 0.4) is 0 Å². The fourth-order valence-corrected chi connectivity index (χ4v) is 2.68. The van der Waals surface area contributed by atoms with Gasteiger partial charge < -0.3 is 14.3 Å². The zero-order valence-electron chi connectivity index (χ0n) is 12.3.